The molecule has 0 spiro atoms. The molecule has 0 N–H and O–H groups in total. The monoisotopic (exact) mass is 380 g/mol. The number of carbonyl (C=O) groups is 1. The molecule has 1 aliphatic rings. The number of hydrogen-bond acceptors (Lipinski definition) is 4. The number of imidazole rings is 1. The van der Waals surface area contributed by atoms with Crippen molar-refractivity contribution in [3.8, 4) is 0 Å². The summed E-state index contributed by atoms with van der Waals surface area (Å²) in [5, 5.41) is 0. The maximum absolute atomic E-state index is 12.3. The van der Waals surface area contributed by atoms with Gasteiger partial charge in [-0.25, -0.2) is 9.78 Å². The zero-order valence-electron chi connectivity index (χ0n) is 16.4. The average molecular weight is 380 g/mol. The minimum absolute atomic E-state index is 0.0126. The first-order valence-corrected chi connectivity index (χ1v) is 9.51. The Kier molecular flexibility index (Phi) is 4.66. The first kappa shape index (κ1) is 18.3. The van der Waals surface area contributed by atoms with Crippen molar-refractivity contribution in [1.82, 2.24) is 14.1 Å². The second-order valence-electron chi connectivity index (χ2n) is 7.23. The number of aromatic nitrogens is 3. The first-order chi connectivity index (χ1) is 13.5. The Morgan fingerprint density at radius 3 is 2.86 bits per heavy atom. The van der Waals surface area contributed by atoms with Gasteiger partial charge in [-0.15, -0.1) is 0 Å². The molecule has 3 aromatic rings. The number of pyridine rings is 1. The molecular weight excluding hydrogens is 356 g/mol. The fourth-order valence-electron chi connectivity index (χ4n) is 4.01. The number of rotatable bonds is 3. The Bertz CT molecular complexity index is 1100. The van der Waals surface area contributed by atoms with Gasteiger partial charge in [0.2, 0.25) is 0 Å². The van der Waals surface area contributed by atoms with Crippen molar-refractivity contribution < 1.29 is 9.53 Å². The van der Waals surface area contributed by atoms with Crippen LogP contribution in [0, 0.1) is 0 Å². The van der Waals surface area contributed by atoms with Crippen LogP contribution in [0.4, 0.5) is 10.5 Å². The van der Waals surface area contributed by atoms with Gasteiger partial charge >= 0.3 is 6.09 Å². The molecule has 0 saturated heterocycles. The van der Waals surface area contributed by atoms with Gasteiger partial charge in [0.05, 0.1) is 23.8 Å². The SMILES string of the molecule is COC(=O)N1c2ccc3c(nc(CCn4ccccc4=O)n3C)c2CC[C@@H]1C. The van der Waals surface area contributed by atoms with Crippen LogP contribution in [-0.2, 0) is 31.2 Å². The van der Waals surface area contributed by atoms with Crippen LogP contribution in [0.1, 0.15) is 24.7 Å². The highest BCUT2D eigenvalue weighted by molar-refractivity contribution is 5.95. The van der Waals surface area contributed by atoms with E-state index in [1.165, 1.54) is 7.11 Å². The lowest BCUT2D eigenvalue weighted by Gasteiger charge is -2.34. The van der Waals surface area contributed by atoms with Crippen LogP contribution in [0.25, 0.3) is 11.0 Å². The molecule has 146 valence electrons. The molecule has 0 aliphatic carbocycles. The standard InChI is InChI=1S/C21H24N4O3/c1-14-7-8-15-16(25(14)21(27)28-3)9-10-17-20(15)22-18(23(17)2)11-13-24-12-5-4-6-19(24)26/h4-6,9-10,12,14H,7-8,11,13H2,1-3H3/t14-/m0/s1. The molecule has 1 amide bonds. The van der Waals surface area contributed by atoms with Crippen LogP contribution in [-0.4, -0.2) is 33.4 Å². The molecule has 0 bridgehead atoms. The van der Waals surface area contributed by atoms with Crippen LogP contribution in [0.5, 0.6) is 0 Å². The molecule has 28 heavy (non-hydrogen) atoms. The van der Waals surface area contributed by atoms with E-state index in [0.29, 0.717) is 13.0 Å². The van der Waals surface area contributed by atoms with Crippen molar-refractivity contribution >= 4 is 22.8 Å². The highest BCUT2D eigenvalue weighted by Gasteiger charge is 2.31. The number of benzene rings is 1. The average Bonchev–Trinajstić information content (AvgIpc) is 3.02. The summed E-state index contributed by atoms with van der Waals surface area (Å²) in [7, 11) is 3.40. The van der Waals surface area contributed by atoms with E-state index in [4.69, 9.17) is 9.72 Å². The summed E-state index contributed by atoms with van der Waals surface area (Å²) in [5.41, 5.74) is 3.91. The van der Waals surface area contributed by atoms with Gasteiger partial charge in [-0.05, 0) is 38.0 Å². The van der Waals surface area contributed by atoms with Crippen molar-refractivity contribution in [3.63, 3.8) is 0 Å². The summed E-state index contributed by atoms with van der Waals surface area (Å²) in [6, 6.07) is 9.24. The summed E-state index contributed by atoms with van der Waals surface area (Å²) in [6.07, 6.45) is 3.85. The lowest BCUT2D eigenvalue weighted by atomic mass is 9.96. The Hall–Kier alpha value is -3.09. The maximum atomic E-state index is 12.3. The number of carbonyl (C=O) groups excluding carboxylic acids is 1. The van der Waals surface area contributed by atoms with Crippen LogP contribution >= 0.6 is 0 Å². The van der Waals surface area contributed by atoms with Crippen molar-refractivity contribution in [2.24, 2.45) is 7.05 Å². The van der Waals surface area contributed by atoms with E-state index in [-0.39, 0.29) is 17.7 Å². The molecule has 0 fully saturated rings. The number of hydrogen-bond donors (Lipinski definition) is 0. The molecule has 0 unspecified atom stereocenters. The first-order valence-electron chi connectivity index (χ1n) is 9.51. The smallest absolute Gasteiger partial charge is 0.414 e. The lowest BCUT2D eigenvalue weighted by molar-refractivity contribution is 0.175. The predicted octanol–water partition coefficient (Wildman–Crippen LogP) is 2.89. The number of ether oxygens (including phenoxy) is 1. The zero-order valence-corrected chi connectivity index (χ0v) is 16.4. The summed E-state index contributed by atoms with van der Waals surface area (Å²) in [5.74, 6) is 0.919. The minimum atomic E-state index is -0.340. The highest BCUT2D eigenvalue weighted by Crippen LogP contribution is 2.36. The van der Waals surface area contributed by atoms with Gasteiger partial charge in [-0.1, -0.05) is 6.07 Å². The molecular formula is C21H24N4O3. The van der Waals surface area contributed by atoms with E-state index >= 15 is 0 Å². The second-order valence-corrected chi connectivity index (χ2v) is 7.23. The third kappa shape index (κ3) is 2.96. The van der Waals surface area contributed by atoms with Crippen molar-refractivity contribution in [2.75, 3.05) is 12.0 Å². The van der Waals surface area contributed by atoms with E-state index < -0.39 is 0 Å². The molecule has 7 nitrogen and oxygen atoms in total. The number of methoxy groups -OCH3 is 1. The minimum Gasteiger partial charge on any atom is -0.452 e. The number of nitrogens with zero attached hydrogens (tertiary/aromatic N) is 4. The molecule has 1 atom stereocenters. The quantitative estimate of drug-likeness (QED) is 0.701. The fourth-order valence-corrected chi connectivity index (χ4v) is 4.01. The van der Waals surface area contributed by atoms with Crippen LogP contribution in [0.3, 0.4) is 0 Å². The third-order valence-corrected chi connectivity index (χ3v) is 5.59. The van der Waals surface area contributed by atoms with Crippen molar-refractivity contribution in [2.45, 2.75) is 38.8 Å². The molecule has 4 rings (SSSR count). The van der Waals surface area contributed by atoms with E-state index in [2.05, 4.69) is 4.57 Å². The normalized spacial score (nSPS) is 16.2. The fraction of sp³-hybridized carbons (Fsp3) is 0.381. The van der Waals surface area contributed by atoms with Gasteiger partial charge in [-0.2, -0.15) is 0 Å². The molecule has 0 saturated carbocycles. The largest absolute Gasteiger partial charge is 0.452 e. The van der Waals surface area contributed by atoms with Crippen molar-refractivity contribution in [3.05, 3.63) is 58.3 Å². The van der Waals surface area contributed by atoms with Crippen LogP contribution in [0.15, 0.2) is 41.3 Å². The van der Waals surface area contributed by atoms with Gasteiger partial charge in [0.1, 0.15) is 5.82 Å². The second kappa shape index (κ2) is 7.14. The summed E-state index contributed by atoms with van der Waals surface area (Å²) in [4.78, 5) is 30.8. The van der Waals surface area contributed by atoms with E-state index in [9.17, 15) is 9.59 Å². The van der Waals surface area contributed by atoms with Gasteiger partial charge in [-0.3, -0.25) is 9.69 Å². The Balaban J connectivity index is 1.72. The number of anilines is 1. The molecule has 0 radical (unpaired) electrons. The molecule has 7 heteroatoms. The van der Waals surface area contributed by atoms with Gasteiger partial charge in [0.15, 0.2) is 0 Å². The van der Waals surface area contributed by atoms with Gasteiger partial charge in [0.25, 0.3) is 5.56 Å². The van der Waals surface area contributed by atoms with E-state index in [1.54, 1.807) is 27.8 Å². The summed E-state index contributed by atoms with van der Waals surface area (Å²) in [6.45, 7) is 2.61. The van der Waals surface area contributed by atoms with Crippen LogP contribution in [0.2, 0.25) is 0 Å². The molecule has 1 aromatic carbocycles. The summed E-state index contributed by atoms with van der Waals surface area (Å²) < 4.78 is 8.75. The highest BCUT2D eigenvalue weighted by atomic mass is 16.5. The molecule has 3 heterocycles. The Labute approximate surface area is 163 Å². The van der Waals surface area contributed by atoms with E-state index in [1.807, 2.05) is 32.2 Å². The number of aryl methyl sites for hydroxylation is 4. The van der Waals surface area contributed by atoms with Crippen molar-refractivity contribution in [1.29, 1.82) is 0 Å². The third-order valence-electron chi connectivity index (χ3n) is 5.59. The predicted molar refractivity (Wildman–Crippen MR) is 108 cm³/mol. The lowest BCUT2D eigenvalue weighted by Crippen LogP contribution is -2.42. The number of amides is 1. The van der Waals surface area contributed by atoms with Gasteiger partial charge in [0, 0.05) is 43.9 Å². The van der Waals surface area contributed by atoms with Gasteiger partial charge < -0.3 is 13.9 Å². The Morgan fingerprint density at radius 1 is 1.29 bits per heavy atom. The zero-order chi connectivity index (χ0) is 19.8. The van der Waals surface area contributed by atoms with Crippen LogP contribution < -0.4 is 10.5 Å². The molecule has 2 aromatic heterocycles. The van der Waals surface area contributed by atoms with E-state index in [0.717, 1.165) is 41.0 Å². The summed E-state index contributed by atoms with van der Waals surface area (Å²) >= 11 is 0. The topological polar surface area (TPSA) is 69.4 Å². The maximum Gasteiger partial charge on any atom is 0.414 e. The molecule has 1 aliphatic heterocycles. The Morgan fingerprint density at radius 2 is 2.11 bits per heavy atom. The number of fused-ring (bicyclic) bond motifs is 3.